The summed E-state index contributed by atoms with van der Waals surface area (Å²) in [5, 5.41) is 5.64. The van der Waals surface area contributed by atoms with Crippen molar-refractivity contribution in [3.63, 3.8) is 0 Å². The number of carbonyl (C=O) groups is 4. The Kier molecular flexibility index (Phi) is 12.0. The van der Waals surface area contributed by atoms with E-state index in [1.807, 2.05) is 13.8 Å². The second-order valence-corrected chi connectivity index (χ2v) is 12.7. The van der Waals surface area contributed by atoms with Crippen LogP contribution in [-0.2, 0) is 25.9 Å². The van der Waals surface area contributed by atoms with Crippen LogP contribution in [0.15, 0.2) is 45.4 Å². The van der Waals surface area contributed by atoms with Crippen LogP contribution in [0.2, 0.25) is 0 Å². The molecule has 20 nitrogen and oxygen atoms in total. The number of imidazole rings is 2. The Balaban J connectivity index is 1.37. The summed E-state index contributed by atoms with van der Waals surface area (Å²) in [7, 11) is 1.76. The van der Waals surface area contributed by atoms with Gasteiger partial charge in [0.05, 0.1) is 29.1 Å². The fourth-order valence-corrected chi connectivity index (χ4v) is 6.09. The van der Waals surface area contributed by atoms with Crippen molar-refractivity contribution in [2.75, 3.05) is 30.8 Å². The average Bonchev–Trinajstić information content (AvgIpc) is 3.95. The number of benzene rings is 1. The predicted octanol–water partition coefficient (Wildman–Crippen LogP) is 2.95. The Bertz CT molecular complexity index is 2510. The number of fused-ring (bicyclic) bond motifs is 2. The highest BCUT2D eigenvalue weighted by Gasteiger charge is 2.24. The SMILES string of the molecule is CCc1nc(C)oc1C(=O)Nc1nc2cc(C(N)=O)cnc2n1C/C=C/Cn1c(NC(=O)c2oc(C)nc2CC)nc2cc(C(N)=O)cc(OCCCNNC)c21. The number of amides is 4. The van der Waals surface area contributed by atoms with E-state index in [1.165, 1.54) is 24.4 Å². The topological polar surface area (TPSA) is 278 Å². The minimum atomic E-state index is -0.685. The third kappa shape index (κ3) is 8.66. The largest absolute Gasteiger partial charge is 0.491 e. The van der Waals surface area contributed by atoms with Gasteiger partial charge in [-0.2, -0.15) is 0 Å². The minimum absolute atomic E-state index is 0.0515. The molecule has 0 fully saturated rings. The minimum Gasteiger partial charge on any atom is -0.491 e. The number of ether oxygens (including phenoxy) is 1. The molecular weight excluding hydrogens is 738 g/mol. The predicted molar refractivity (Wildman–Crippen MR) is 208 cm³/mol. The lowest BCUT2D eigenvalue weighted by Gasteiger charge is -2.13. The quantitative estimate of drug-likeness (QED) is 0.0416. The Morgan fingerprint density at radius 2 is 1.35 bits per heavy atom. The summed E-state index contributed by atoms with van der Waals surface area (Å²) in [6.07, 6.45) is 6.48. The van der Waals surface area contributed by atoms with E-state index in [4.69, 9.17) is 25.0 Å². The van der Waals surface area contributed by atoms with Gasteiger partial charge in [-0.3, -0.25) is 45.2 Å². The maximum atomic E-state index is 13.6. The van der Waals surface area contributed by atoms with Crippen LogP contribution in [0.4, 0.5) is 11.9 Å². The fraction of sp³-hybridized carbons (Fsp3) is 0.324. The smallest absolute Gasteiger partial charge is 0.295 e. The number of hydrazine groups is 1. The maximum Gasteiger partial charge on any atom is 0.295 e. The molecule has 1 aromatic carbocycles. The van der Waals surface area contributed by atoms with E-state index in [2.05, 4.69) is 46.4 Å². The molecule has 0 bridgehead atoms. The van der Waals surface area contributed by atoms with Crippen LogP contribution in [0, 0.1) is 13.8 Å². The molecule has 0 saturated carbocycles. The molecule has 0 aliphatic carbocycles. The molecule has 0 atom stereocenters. The van der Waals surface area contributed by atoms with Crippen LogP contribution >= 0.6 is 0 Å². The first kappa shape index (κ1) is 39.8. The Morgan fingerprint density at radius 1 is 0.789 bits per heavy atom. The summed E-state index contributed by atoms with van der Waals surface area (Å²) < 4.78 is 20.8. The summed E-state index contributed by atoms with van der Waals surface area (Å²) in [5.41, 5.74) is 19.8. The third-order valence-corrected chi connectivity index (χ3v) is 8.73. The first-order valence-corrected chi connectivity index (χ1v) is 18.1. The second kappa shape index (κ2) is 17.3. The lowest BCUT2D eigenvalue weighted by molar-refractivity contribution is 0.0985. The number of allylic oxidation sites excluding steroid dienone is 2. The number of oxazole rings is 2. The first-order chi connectivity index (χ1) is 27.4. The Morgan fingerprint density at radius 3 is 1.93 bits per heavy atom. The molecule has 4 amide bonds. The van der Waals surface area contributed by atoms with E-state index >= 15 is 0 Å². The number of nitrogens with two attached hydrogens (primary N) is 2. The lowest BCUT2D eigenvalue weighted by atomic mass is 10.1. The van der Waals surface area contributed by atoms with Crippen LogP contribution < -0.4 is 37.7 Å². The molecule has 298 valence electrons. The van der Waals surface area contributed by atoms with Crippen LogP contribution in [0.3, 0.4) is 0 Å². The highest BCUT2D eigenvalue weighted by atomic mass is 16.5. The molecular formula is C37H43N13O7. The van der Waals surface area contributed by atoms with Crippen molar-refractivity contribution in [2.24, 2.45) is 11.5 Å². The van der Waals surface area contributed by atoms with Gasteiger partial charge < -0.3 is 29.6 Å². The maximum absolute atomic E-state index is 13.6. The normalized spacial score (nSPS) is 11.5. The van der Waals surface area contributed by atoms with Crippen molar-refractivity contribution in [2.45, 2.75) is 60.0 Å². The number of aromatic nitrogens is 7. The van der Waals surface area contributed by atoms with Gasteiger partial charge in [-0.25, -0.2) is 24.9 Å². The molecule has 6 rings (SSSR count). The van der Waals surface area contributed by atoms with E-state index in [9.17, 15) is 19.2 Å². The number of carbonyl (C=O) groups excluding carboxylic acids is 4. The van der Waals surface area contributed by atoms with Gasteiger partial charge >= 0.3 is 0 Å². The Hall–Kier alpha value is -6.93. The highest BCUT2D eigenvalue weighted by Crippen LogP contribution is 2.32. The van der Waals surface area contributed by atoms with Crippen molar-refractivity contribution in [3.05, 3.63) is 82.4 Å². The fourth-order valence-electron chi connectivity index (χ4n) is 6.09. The average molecular weight is 782 g/mol. The van der Waals surface area contributed by atoms with Gasteiger partial charge in [0, 0.05) is 45.2 Å². The van der Waals surface area contributed by atoms with Gasteiger partial charge in [-0.05, 0) is 44.5 Å². The molecule has 5 heterocycles. The van der Waals surface area contributed by atoms with Crippen molar-refractivity contribution in [1.82, 2.24) is 44.9 Å². The summed E-state index contributed by atoms with van der Waals surface area (Å²) in [6, 6.07) is 4.55. The standard InChI is InChI=1S/C37H43N13O7/c1-6-23-29(56-19(3)43-23)34(53)47-36-45-25-15-21(31(38)51)17-27(55-14-10-11-42-40-5)28(25)49(36)12-8-9-13-50-33-26(16-22(18-41-33)32(39)52)46-37(50)48-35(54)30-24(7-2)44-20(4)57-30/h8-9,15-18,40,42H,6-7,10-14H2,1-5H3,(H2,38,51)(H2,39,52)(H,45,47,53)(H,46,48,54)/b9-8+. The van der Waals surface area contributed by atoms with Crippen LogP contribution in [0.1, 0.15) is 85.3 Å². The molecule has 0 aliphatic rings. The van der Waals surface area contributed by atoms with Gasteiger partial charge in [0.15, 0.2) is 17.4 Å². The molecule has 0 spiro atoms. The summed E-state index contributed by atoms with van der Waals surface area (Å²) in [6.45, 7) is 8.20. The molecule has 0 aliphatic heterocycles. The number of rotatable bonds is 18. The second-order valence-electron chi connectivity index (χ2n) is 12.7. The number of primary amides is 2. The van der Waals surface area contributed by atoms with Gasteiger partial charge in [0.1, 0.15) is 16.8 Å². The molecule has 0 unspecified atom stereocenters. The number of pyridine rings is 1. The molecule has 0 radical (unpaired) electrons. The zero-order chi connectivity index (χ0) is 40.8. The van der Waals surface area contributed by atoms with Gasteiger partial charge in [-0.1, -0.05) is 26.0 Å². The summed E-state index contributed by atoms with van der Waals surface area (Å²) in [4.78, 5) is 73.5. The Labute approximate surface area is 325 Å². The monoisotopic (exact) mass is 781 g/mol. The molecule has 57 heavy (non-hydrogen) atoms. The van der Waals surface area contributed by atoms with Gasteiger partial charge in [0.2, 0.25) is 35.2 Å². The number of hydrogen-bond acceptors (Lipinski definition) is 14. The summed E-state index contributed by atoms with van der Waals surface area (Å²) >= 11 is 0. The zero-order valence-corrected chi connectivity index (χ0v) is 32.1. The highest BCUT2D eigenvalue weighted by molar-refractivity contribution is 6.05. The number of anilines is 2. The number of hydrogen-bond donors (Lipinski definition) is 6. The third-order valence-electron chi connectivity index (χ3n) is 8.73. The molecule has 5 aromatic heterocycles. The lowest BCUT2D eigenvalue weighted by Crippen LogP contribution is -2.29. The first-order valence-electron chi connectivity index (χ1n) is 18.1. The summed E-state index contributed by atoms with van der Waals surface area (Å²) in [5.74, 6) is -1.12. The molecule has 0 saturated heterocycles. The van der Waals surface area contributed by atoms with Crippen molar-refractivity contribution in [3.8, 4) is 5.75 Å². The van der Waals surface area contributed by atoms with Crippen LogP contribution in [-0.4, -0.2) is 77.9 Å². The van der Waals surface area contributed by atoms with E-state index in [1.54, 1.807) is 42.2 Å². The van der Waals surface area contributed by atoms with E-state index < -0.39 is 23.6 Å². The van der Waals surface area contributed by atoms with Gasteiger partial charge in [-0.15, -0.1) is 0 Å². The van der Waals surface area contributed by atoms with Crippen molar-refractivity contribution < 1.29 is 32.7 Å². The molecule has 20 heteroatoms. The van der Waals surface area contributed by atoms with Crippen molar-refractivity contribution >= 4 is 57.7 Å². The van der Waals surface area contributed by atoms with E-state index in [0.29, 0.717) is 76.9 Å². The zero-order valence-electron chi connectivity index (χ0n) is 32.1. The van der Waals surface area contributed by atoms with E-state index in [-0.39, 0.29) is 54.2 Å². The van der Waals surface area contributed by atoms with Gasteiger partial charge in [0.25, 0.3) is 11.8 Å². The molecule has 8 N–H and O–H groups in total. The van der Waals surface area contributed by atoms with Crippen molar-refractivity contribution in [1.29, 1.82) is 0 Å². The van der Waals surface area contributed by atoms with E-state index in [0.717, 1.165) is 0 Å². The number of nitrogens with one attached hydrogen (secondary N) is 4. The molecule has 6 aromatic rings. The number of aryl methyl sites for hydroxylation is 4. The van der Waals surface area contributed by atoms with Crippen LogP contribution in [0.25, 0.3) is 22.2 Å². The number of nitrogens with zero attached hydrogens (tertiary/aromatic N) is 7. The van der Waals surface area contributed by atoms with Crippen LogP contribution in [0.5, 0.6) is 5.75 Å².